The molecule has 0 aliphatic heterocycles. The first-order valence-electron chi connectivity index (χ1n) is 9.74. The van der Waals surface area contributed by atoms with Crippen LogP contribution in [0.15, 0.2) is 48.5 Å². The molecule has 30 heavy (non-hydrogen) atoms. The second-order valence-electron chi connectivity index (χ2n) is 7.16. The highest BCUT2D eigenvalue weighted by atomic mass is 16.6. The van der Waals surface area contributed by atoms with Gasteiger partial charge < -0.3 is 15.0 Å². The molecule has 0 fully saturated rings. The molecule has 160 valence electrons. The summed E-state index contributed by atoms with van der Waals surface area (Å²) >= 11 is 0. The summed E-state index contributed by atoms with van der Waals surface area (Å²) in [6.07, 6.45) is -0.196. The molecule has 0 aliphatic carbocycles. The zero-order chi connectivity index (χ0) is 22.3. The van der Waals surface area contributed by atoms with Gasteiger partial charge in [0, 0.05) is 38.7 Å². The van der Waals surface area contributed by atoms with E-state index in [0.29, 0.717) is 12.2 Å². The van der Waals surface area contributed by atoms with Gasteiger partial charge in [-0.2, -0.15) is 0 Å². The lowest BCUT2D eigenvalue weighted by atomic mass is 9.96. The molecule has 0 saturated carbocycles. The van der Waals surface area contributed by atoms with E-state index in [2.05, 4.69) is 5.32 Å². The average Bonchev–Trinajstić information content (AvgIpc) is 2.74. The maximum absolute atomic E-state index is 12.6. The Labute approximate surface area is 176 Å². The number of non-ortho nitro benzene ring substituents is 1. The zero-order valence-electron chi connectivity index (χ0n) is 17.6. The second kappa shape index (κ2) is 10.4. The predicted molar refractivity (Wildman–Crippen MR) is 115 cm³/mol. The highest BCUT2D eigenvalue weighted by molar-refractivity contribution is 5.98. The van der Waals surface area contributed by atoms with Crippen LogP contribution in [0.25, 0.3) is 0 Å². The first-order valence-corrected chi connectivity index (χ1v) is 9.74. The average molecular weight is 413 g/mol. The number of hydrogen-bond acceptors (Lipinski definition) is 6. The molecular weight excluding hydrogens is 386 g/mol. The number of nitro benzene ring substituents is 1. The highest BCUT2D eigenvalue weighted by Crippen LogP contribution is 2.25. The van der Waals surface area contributed by atoms with Crippen LogP contribution < -0.4 is 10.2 Å². The summed E-state index contributed by atoms with van der Waals surface area (Å²) in [5.74, 6) is -1.06. The van der Waals surface area contributed by atoms with Crippen molar-refractivity contribution in [3.05, 3.63) is 69.8 Å². The molecule has 0 unspecified atom stereocenters. The van der Waals surface area contributed by atoms with Crippen molar-refractivity contribution in [1.29, 1.82) is 0 Å². The molecule has 0 aromatic heterocycles. The zero-order valence-corrected chi connectivity index (χ0v) is 17.6. The van der Waals surface area contributed by atoms with E-state index in [4.69, 9.17) is 4.74 Å². The third kappa shape index (κ3) is 5.79. The molecule has 0 radical (unpaired) electrons. The number of hydrogen-bond donors (Lipinski definition) is 1. The number of nitrogens with zero attached hydrogens (tertiary/aromatic N) is 2. The van der Waals surface area contributed by atoms with Crippen molar-refractivity contribution >= 4 is 23.3 Å². The molecule has 8 heteroatoms. The van der Waals surface area contributed by atoms with Gasteiger partial charge in [-0.15, -0.1) is 0 Å². The van der Waals surface area contributed by atoms with Crippen molar-refractivity contribution in [2.45, 2.75) is 32.3 Å². The predicted octanol–water partition coefficient (Wildman–Crippen LogP) is 3.52. The van der Waals surface area contributed by atoms with Gasteiger partial charge >= 0.3 is 5.97 Å². The first kappa shape index (κ1) is 22.9. The van der Waals surface area contributed by atoms with Crippen LogP contribution in [0.2, 0.25) is 0 Å². The molecule has 0 heterocycles. The quantitative estimate of drug-likeness (QED) is 0.383. The number of amides is 1. The van der Waals surface area contributed by atoms with Crippen LogP contribution in [0.1, 0.15) is 42.1 Å². The Kier molecular flexibility index (Phi) is 7.91. The fourth-order valence-electron chi connectivity index (χ4n) is 3.06. The normalized spacial score (nSPS) is 12.5. The molecule has 1 amide bonds. The van der Waals surface area contributed by atoms with Gasteiger partial charge in [-0.05, 0) is 25.0 Å². The van der Waals surface area contributed by atoms with Crippen LogP contribution in [-0.4, -0.2) is 43.5 Å². The summed E-state index contributed by atoms with van der Waals surface area (Å²) in [5.41, 5.74) is 1.40. The molecule has 2 rings (SSSR count). The number of benzene rings is 2. The van der Waals surface area contributed by atoms with E-state index >= 15 is 0 Å². The Morgan fingerprint density at radius 2 is 1.83 bits per heavy atom. The van der Waals surface area contributed by atoms with Crippen LogP contribution >= 0.6 is 0 Å². The number of nitro groups is 1. The molecule has 2 aromatic carbocycles. The fourth-order valence-corrected chi connectivity index (χ4v) is 3.06. The maximum Gasteiger partial charge on any atom is 0.341 e. The van der Waals surface area contributed by atoms with Crippen molar-refractivity contribution in [3.63, 3.8) is 0 Å². The lowest BCUT2D eigenvalue weighted by Gasteiger charge is -2.20. The number of esters is 1. The number of rotatable bonds is 9. The summed E-state index contributed by atoms with van der Waals surface area (Å²) in [4.78, 5) is 37.2. The van der Waals surface area contributed by atoms with Crippen molar-refractivity contribution in [2.75, 3.05) is 25.5 Å². The van der Waals surface area contributed by atoms with Crippen molar-refractivity contribution < 1.29 is 19.2 Å². The SMILES string of the molecule is CC[C@H](CNC(=O)[C@@H](C)OC(=O)c1cc([N+](=O)[O-])ccc1N(C)C)c1ccccc1. The van der Waals surface area contributed by atoms with Crippen molar-refractivity contribution in [3.8, 4) is 0 Å². The van der Waals surface area contributed by atoms with Gasteiger partial charge in [-0.1, -0.05) is 37.3 Å². The van der Waals surface area contributed by atoms with Gasteiger partial charge in [0.25, 0.3) is 11.6 Å². The summed E-state index contributed by atoms with van der Waals surface area (Å²) in [5, 5.41) is 13.9. The minimum absolute atomic E-state index is 0.0320. The van der Waals surface area contributed by atoms with Gasteiger partial charge in [0.2, 0.25) is 0 Å². The summed E-state index contributed by atoms with van der Waals surface area (Å²) in [6, 6.07) is 13.8. The minimum Gasteiger partial charge on any atom is -0.449 e. The smallest absolute Gasteiger partial charge is 0.341 e. The number of carbonyl (C=O) groups excluding carboxylic acids is 2. The molecular formula is C22H27N3O5. The van der Waals surface area contributed by atoms with Crippen molar-refractivity contribution in [2.24, 2.45) is 0 Å². The number of anilines is 1. The molecule has 2 aromatic rings. The number of nitrogens with one attached hydrogen (secondary N) is 1. The minimum atomic E-state index is -1.04. The lowest BCUT2D eigenvalue weighted by molar-refractivity contribution is -0.384. The lowest BCUT2D eigenvalue weighted by Crippen LogP contribution is -2.38. The van der Waals surface area contributed by atoms with E-state index < -0.39 is 22.9 Å². The van der Waals surface area contributed by atoms with Crippen LogP contribution in [0.3, 0.4) is 0 Å². The highest BCUT2D eigenvalue weighted by Gasteiger charge is 2.24. The van der Waals surface area contributed by atoms with Gasteiger partial charge in [-0.3, -0.25) is 14.9 Å². The molecule has 2 atom stereocenters. The van der Waals surface area contributed by atoms with Gasteiger partial charge in [0.1, 0.15) is 0 Å². The summed E-state index contributed by atoms with van der Waals surface area (Å²) in [6.45, 7) is 3.93. The van der Waals surface area contributed by atoms with E-state index in [0.717, 1.165) is 18.1 Å². The Morgan fingerprint density at radius 1 is 1.17 bits per heavy atom. The van der Waals surface area contributed by atoms with E-state index in [9.17, 15) is 19.7 Å². The van der Waals surface area contributed by atoms with Crippen LogP contribution in [-0.2, 0) is 9.53 Å². The van der Waals surface area contributed by atoms with Crippen LogP contribution in [0, 0.1) is 10.1 Å². The van der Waals surface area contributed by atoms with Gasteiger partial charge in [0.05, 0.1) is 16.2 Å². The molecule has 0 spiro atoms. The van der Waals surface area contributed by atoms with E-state index in [1.807, 2.05) is 37.3 Å². The number of carbonyl (C=O) groups is 2. The first-order chi connectivity index (χ1) is 14.2. The van der Waals surface area contributed by atoms with Crippen LogP contribution in [0.5, 0.6) is 0 Å². The molecule has 8 nitrogen and oxygen atoms in total. The van der Waals surface area contributed by atoms with Gasteiger partial charge in [0.15, 0.2) is 6.10 Å². The molecule has 0 saturated heterocycles. The van der Waals surface area contributed by atoms with Crippen LogP contribution in [0.4, 0.5) is 11.4 Å². The standard InChI is InChI=1S/C22H27N3O5/c1-5-16(17-9-7-6-8-10-17)14-23-21(26)15(2)30-22(27)19-13-18(25(28)29)11-12-20(19)24(3)4/h6-13,15-16H,5,14H2,1-4H3,(H,23,26)/t15-,16-/m1/s1. The summed E-state index contributed by atoms with van der Waals surface area (Å²) in [7, 11) is 3.42. The Morgan fingerprint density at radius 3 is 2.40 bits per heavy atom. The molecule has 0 aliphatic rings. The summed E-state index contributed by atoms with van der Waals surface area (Å²) < 4.78 is 5.30. The Balaban J connectivity index is 2.05. The largest absolute Gasteiger partial charge is 0.449 e. The van der Waals surface area contributed by atoms with E-state index in [-0.39, 0.29) is 17.2 Å². The maximum atomic E-state index is 12.6. The van der Waals surface area contributed by atoms with Gasteiger partial charge in [-0.25, -0.2) is 4.79 Å². The second-order valence-corrected chi connectivity index (χ2v) is 7.16. The molecule has 0 bridgehead atoms. The topological polar surface area (TPSA) is 102 Å². The van der Waals surface area contributed by atoms with E-state index in [1.54, 1.807) is 19.0 Å². The van der Waals surface area contributed by atoms with Crippen molar-refractivity contribution in [1.82, 2.24) is 5.32 Å². The Hall–Kier alpha value is -3.42. The number of ether oxygens (including phenoxy) is 1. The third-order valence-electron chi connectivity index (χ3n) is 4.83. The van der Waals surface area contributed by atoms with E-state index in [1.165, 1.54) is 19.1 Å². The molecule has 1 N–H and O–H groups in total. The monoisotopic (exact) mass is 413 g/mol. The third-order valence-corrected chi connectivity index (χ3v) is 4.83. The Bertz CT molecular complexity index is 899. The fraction of sp³-hybridized carbons (Fsp3) is 0.364.